The van der Waals surface area contributed by atoms with Gasteiger partial charge in [0, 0.05) is 30.9 Å². The Hall–Kier alpha value is -2.36. The number of aryl methyl sites for hydroxylation is 1. The molecule has 1 saturated carbocycles. The zero-order valence-corrected chi connectivity index (χ0v) is 11.3. The first kappa shape index (κ1) is 11.5. The van der Waals surface area contributed by atoms with Gasteiger partial charge < -0.3 is 4.40 Å². The van der Waals surface area contributed by atoms with Crippen molar-refractivity contribution in [1.82, 2.24) is 14.2 Å². The molecule has 3 heterocycles. The van der Waals surface area contributed by atoms with Gasteiger partial charge in [0.1, 0.15) is 5.69 Å². The van der Waals surface area contributed by atoms with Crippen molar-refractivity contribution in [2.75, 3.05) is 0 Å². The summed E-state index contributed by atoms with van der Waals surface area (Å²) in [6.45, 7) is 0. The van der Waals surface area contributed by atoms with Gasteiger partial charge in [-0.15, -0.1) is 0 Å². The Bertz CT molecular complexity index is 808. The van der Waals surface area contributed by atoms with Gasteiger partial charge in [0.2, 0.25) is 0 Å². The molecule has 0 bridgehead atoms. The molecule has 0 atom stereocenters. The molecular formula is C16H15N3O. The van der Waals surface area contributed by atoms with Crippen molar-refractivity contribution in [1.29, 1.82) is 0 Å². The van der Waals surface area contributed by atoms with Gasteiger partial charge in [0.05, 0.1) is 11.2 Å². The highest BCUT2D eigenvalue weighted by molar-refractivity contribution is 6.06. The number of carbonyl (C=O) groups excluding carboxylic acids is 1. The van der Waals surface area contributed by atoms with Crippen molar-refractivity contribution >= 4 is 11.3 Å². The summed E-state index contributed by atoms with van der Waals surface area (Å²) in [5, 5.41) is 4.45. The maximum absolute atomic E-state index is 12.4. The molecule has 1 fully saturated rings. The van der Waals surface area contributed by atoms with Crippen molar-refractivity contribution in [2.24, 2.45) is 13.0 Å². The van der Waals surface area contributed by atoms with Crippen LogP contribution in [-0.2, 0) is 7.05 Å². The number of nitrogens with zero attached hydrogens (tertiary/aromatic N) is 3. The fourth-order valence-corrected chi connectivity index (χ4v) is 2.66. The van der Waals surface area contributed by atoms with E-state index in [2.05, 4.69) is 9.50 Å². The third-order valence-electron chi connectivity index (χ3n) is 3.87. The van der Waals surface area contributed by atoms with E-state index in [4.69, 9.17) is 0 Å². The lowest BCUT2D eigenvalue weighted by Crippen LogP contribution is -2.00. The first-order valence-corrected chi connectivity index (χ1v) is 6.88. The highest BCUT2D eigenvalue weighted by atomic mass is 16.1. The van der Waals surface area contributed by atoms with E-state index < -0.39 is 0 Å². The van der Waals surface area contributed by atoms with Crippen molar-refractivity contribution in [2.45, 2.75) is 12.8 Å². The average Bonchev–Trinajstić information content (AvgIpc) is 3.12. The van der Waals surface area contributed by atoms with Crippen molar-refractivity contribution in [3.63, 3.8) is 0 Å². The Kier molecular flexibility index (Phi) is 2.33. The number of Topliss-reactive ketones (excluding diaryl/α,β-unsaturated/α-hetero) is 1. The molecule has 1 aliphatic rings. The number of fused-ring (bicyclic) bond motifs is 1. The van der Waals surface area contributed by atoms with Crippen LogP contribution >= 0.6 is 0 Å². The van der Waals surface area contributed by atoms with Gasteiger partial charge in [-0.05, 0) is 37.1 Å². The van der Waals surface area contributed by atoms with Gasteiger partial charge in [0.25, 0.3) is 0 Å². The van der Waals surface area contributed by atoms with Crippen LogP contribution in [0.3, 0.4) is 0 Å². The number of pyridine rings is 1. The molecule has 0 amide bonds. The van der Waals surface area contributed by atoms with Gasteiger partial charge in [-0.1, -0.05) is 6.07 Å². The summed E-state index contributed by atoms with van der Waals surface area (Å²) in [5.41, 5.74) is 3.67. The van der Waals surface area contributed by atoms with Gasteiger partial charge >= 0.3 is 0 Å². The normalized spacial score (nSPS) is 14.8. The van der Waals surface area contributed by atoms with Crippen LogP contribution in [-0.4, -0.2) is 20.0 Å². The van der Waals surface area contributed by atoms with E-state index in [0.717, 1.165) is 35.3 Å². The Morgan fingerprint density at radius 1 is 1.25 bits per heavy atom. The molecule has 0 unspecified atom stereocenters. The monoisotopic (exact) mass is 265 g/mol. The number of hydrogen-bond donors (Lipinski definition) is 0. The third-order valence-corrected chi connectivity index (χ3v) is 3.87. The maximum Gasteiger partial charge on any atom is 0.168 e. The second kappa shape index (κ2) is 4.07. The smallest absolute Gasteiger partial charge is 0.168 e. The van der Waals surface area contributed by atoms with Crippen LogP contribution in [0.25, 0.3) is 16.9 Å². The molecule has 100 valence electrons. The summed E-state index contributed by atoms with van der Waals surface area (Å²) in [6.07, 6.45) is 5.97. The highest BCUT2D eigenvalue weighted by Crippen LogP contribution is 2.35. The van der Waals surface area contributed by atoms with E-state index in [0.29, 0.717) is 0 Å². The molecule has 4 nitrogen and oxygen atoms in total. The largest absolute Gasteiger partial charge is 0.314 e. The molecule has 0 radical (unpaired) electrons. The first-order chi connectivity index (χ1) is 9.74. The number of ketones is 1. The van der Waals surface area contributed by atoms with E-state index in [1.54, 1.807) is 4.68 Å². The van der Waals surface area contributed by atoms with Crippen molar-refractivity contribution < 1.29 is 4.79 Å². The number of carbonyl (C=O) groups is 1. The minimum absolute atomic E-state index is 0.234. The Labute approximate surface area is 116 Å². The lowest BCUT2D eigenvalue weighted by Gasteiger charge is -1.99. The SMILES string of the molecule is Cn1ccc(-c2cc(C(=O)C3CC3)c3ccccn23)n1. The molecular weight excluding hydrogens is 250 g/mol. The van der Waals surface area contributed by atoms with E-state index >= 15 is 0 Å². The van der Waals surface area contributed by atoms with Crippen LogP contribution in [0.15, 0.2) is 42.7 Å². The average molecular weight is 265 g/mol. The van der Waals surface area contributed by atoms with Crippen molar-refractivity contribution in [3.05, 3.63) is 48.3 Å². The molecule has 20 heavy (non-hydrogen) atoms. The Balaban J connectivity index is 1.95. The summed E-state index contributed by atoms with van der Waals surface area (Å²) >= 11 is 0. The van der Waals surface area contributed by atoms with Crippen LogP contribution in [0.2, 0.25) is 0 Å². The molecule has 3 aromatic heterocycles. The molecule has 0 saturated heterocycles. The maximum atomic E-state index is 12.4. The summed E-state index contributed by atoms with van der Waals surface area (Å²) < 4.78 is 3.83. The van der Waals surface area contributed by atoms with E-state index in [1.807, 2.05) is 49.8 Å². The third kappa shape index (κ3) is 1.68. The lowest BCUT2D eigenvalue weighted by atomic mass is 10.1. The van der Waals surface area contributed by atoms with Gasteiger partial charge in [-0.25, -0.2) is 0 Å². The molecule has 0 N–H and O–H groups in total. The van der Waals surface area contributed by atoms with E-state index in [9.17, 15) is 4.79 Å². The predicted molar refractivity (Wildman–Crippen MR) is 76.7 cm³/mol. The minimum atomic E-state index is 0.234. The number of rotatable bonds is 3. The minimum Gasteiger partial charge on any atom is -0.314 e. The molecule has 3 aromatic rings. The van der Waals surface area contributed by atoms with Crippen LogP contribution in [0.1, 0.15) is 23.2 Å². The highest BCUT2D eigenvalue weighted by Gasteiger charge is 2.32. The van der Waals surface area contributed by atoms with Crippen LogP contribution in [0, 0.1) is 5.92 Å². The van der Waals surface area contributed by atoms with Gasteiger partial charge in [0.15, 0.2) is 5.78 Å². The summed E-state index contributed by atoms with van der Waals surface area (Å²) in [7, 11) is 1.90. The Morgan fingerprint density at radius 3 is 2.80 bits per heavy atom. The summed E-state index contributed by atoms with van der Waals surface area (Å²) in [6, 6.07) is 9.91. The lowest BCUT2D eigenvalue weighted by molar-refractivity contribution is 0.0969. The fraction of sp³-hybridized carbons (Fsp3) is 0.250. The summed E-state index contributed by atoms with van der Waals surface area (Å²) in [4.78, 5) is 12.4. The van der Waals surface area contributed by atoms with Crippen LogP contribution < -0.4 is 0 Å². The molecule has 0 aromatic carbocycles. The van der Waals surface area contributed by atoms with Crippen molar-refractivity contribution in [3.8, 4) is 11.4 Å². The molecule has 4 heteroatoms. The molecule has 4 rings (SSSR count). The molecule has 1 aliphatic carbocycles. The zero-order chi connectivity index (χ0) is 13.7. The van der Waals surface area contributed by atoms with E-state index in [-0.39, 0.29) is 11.7 Å². The Morgan fingerprint density at radius 2 is 2.10 bits per heavy atom. The molecule has 0 spiro atoms. The van der Waals surface area contributed by atoms with Crippen LogP contribution in [0.5, 0.6) is 0 Å². The van der Waals surface area contributed by atoms with Crippen LogP contribution in [0.4, 0.5) is 0 Å². The second-order valence-corrected chi connectivity index (χ2v) is 5.41. The summed E-state index contributed by atoms with van der Waals surface area (Å²) in [5.74, 6) is 0.508. The fourth-order valence-electron chi connectivity index (χ4n) is 2.66. The molecule has 0 aliphatic heterocycles. The quantitative estimate of drug-likeness (QED) is 0.683. The zero-order valence-electron chi connectivity index (χ0n) is 11.3. The second-order valence-electron chi connectivity index (χ2n) is 5.41. The topological polar surface area (TPSA) is 39.3 Å². The standard InChI is InChI=1S/C16H15N3O/c1-18-9-7-13(17-18)15-10-12(16(20)11-5-6-11)14-4-2-3-8-19(14)15/h2-4,7-11H,5-6H2,1H3. The number of hydrogen-bond acceptors (Lipinski definition) is 2. The predicted octanol–water partition coefficient (Wildman–Crippen LogP) is 2.93. The van der Waals surface area contributed by atoms with Gasteiger partial charge in [-0.3, -0.25) is 9.48 Å². The van der Waals surface area contributed by atoms with E-state index in [1.165, 1.54) is 0 Å². The van der Waals surface area contributed by atoms with Gasteiger partial charge in [-0.2, -0.15) is 5.10 Å². The number of aromatic nitrogens is 3. The first-order valence-electron chi connectivity index (χ1n) is 6.88.